The van der Waals surface area contributed by atoms with E-state index in [9.17, 15) is 13.2 Å². The van der Waals surface area contributed by atoms with Crippen LogP contribution in [0.1, 0.15) is 28.8 Å². The average Bonchev–Trinajstić information content (AvgIpc) is 3.44. The topological polar surface area (TPSA) is 75.7 Å². The minimum Gasteiger partial charge on any atom is -0.496 e. The van der Waals surface area contributed by atoms with Crippen molar-refractivity contribution in [3.05, 3.63) is 58.6 Å². The molecule has 144 valence electrons. The van der Waals surface area contributed by atoms with Crippen molar-refractivity contribution in [3.8, 4) is 5.75 Å². The Morgan fingerprint density at radius 2 is 2.00 bits per heavy atom. The van der Waals surface area contributed by atoms with Gasteiger partial charge in [-0.15, -0.1) is 0 Å². The fourth-order valence-corrected chi connectivity index (χ4v) is 4.25. The van der Waals surface area contributed by atoms with Crippen LogP contribution >= 0.6 is 11.6 Å². The van der Waals surface area contributed by atoms with E-state index in [-0.39, 0.29) is 23.4 Å². The fraction of sp³-hybridized carbons (Fsp3) is 0.316. The molecule has 3 rings (SSSR count). The number of sulfonamides is 1. The number of nitrogens with one attached hydrogen (secondary N) is 1. The summed E-state index contributed by atoms with van der Waals surface area (Å²) in [6.07, 6.45) is 1.70. The van der Waals surface area contributed by atoms with E-state index in [1.807, 2.05) is 0 Å². The van der Waals surface area contributed by atoms with Crippen LogP contribution in [0, 0.1) is 0 Å². The zero-order valence-corrected chi connectivity index (χ0v) is 16.7. The molecule has 1 fully saturated rings. The monoisotopic (exact) mass is 408 g/mol. The van der Waals surface area contributed by atoms with Crippen LogP contribution in [0.2, 0.25) is 5.02 Å². The predicted molar refractivity (Wildman–Crippen MR) is 104 cm³/mol. The molecule has 2 aromatic rings. The van der Waals surface area contributed by atoms with Crippen LogP contribution < -0.4 is 9.46 Å². The van der Waals surface area contributed by atoms with Gasteiger partial charge in [-0.25, -0.2) is 13.1 Å². The fourth-order valence-electron chi connectivity index (χ4n) is 2.70. The highest BCUT2D eigenvalue weighted by molar-refractivity contribution is 7.89. The molecule has 1 aliphatic rings. The van der Waals surface area contributed by atoms with Crippen molar-refractivity contribution >= 4 is 27.5 Å². The summed E-state index contributed by atoms with van der Waals surface area (Å²) >= 11 is 6.04. The highest BCUT2D eigenvalue weighted by Crippen LogP contribution is 2.25. The molecule has 0 bridgehead atoms. The molecule has 1 N–H and O–H groups in total. The molecule has 8 heteroatoms. The van der Waals surface area contributed by atoms with E-state index in [0.29, 0.717) is 16.3 Å². The molecule has 1 amide bonds. The summed E-state index contributed by atoms with van der Waals surface area (Å²) in [6.45, 7) is 0.278. The van der Waals surface area contributed by atoms with Gasteiger partial charge in [-0.1, -0.05) is 17.7 Å². The molecule has 0 atom stereocenters. The number of nitrogens with zero attached hydrogens (tertiary/aromatic N) is 1. The van der Waals surface area contributed by atoms with Gasteiger partial charge in [0.2, 0.25) is 10.0 Å². The Morgan fingerprint density at radius 1 is 1.26 bits per heavy atom. The van der Waals surface area contributed by atoms with Crippen LogP contribution in [0.4, 0.5) is 0 Å². The quantitative estimate of drug-likeness (QED) is 0.763. The number of carbonyl (C=O) groups is 1. The third-order valence-corrected chi connectivity index (χ3v) is 6.04. The number of halogens is 1. The van der Waals surface area contributed by atoms with Gasteiger partial charge in [0, 0.05) is 35.8 Å². The highest BCUT2D eigenvalue weighted by Gasteiger charge is 2.28. The second-order valence-corrected chi connectivity index (χ2v) is 8.69. The molecule has 27 heavy (non-hydrogen) atoms. The van der Waals surface area contributed by atoms with E-state index in [0.717, 1.165) is 18.4 Å². The van der Waals surface area contributed by atoms with Crippen LogP contribution in [0.25, 0.3) is 0 Å². The third-order valence-electron chi connectivity index (χ3n) is 4.29. The van der Waals surface area contributed by atoms with Gasteiger partial charge in [-0.2, -0.15) is 0 Å². The van der Waals surface area contributed by atoms with Gasteiger partial charge < -0.3 is 9.64 Å². The number of benzene rings is 2. The van der Waals surface area contributed by atoms with E-state index in [1.54, 1.807) is 44.5 Å². The number of hydrogen-bond acceptors (Lipinski definition) is 4. The van der Waals surface area contributed by atoms with Gasteiger partial charge in [-0.05, 0) is 49.2 Å². The zero-order valence-electron chi connectivity index (χ0n) is 15.1. The number of carbonyl (C=O) groups excluding carboxylic acids is 1. The minimum atomic E-state index is -3.61. The van der Waals surface area contributed by atoms with Crippen LogP contribution in [0.15, 0.2) is 47.4 Å². The zero-order chi connectivity index (χ0) is 19.6. The molecule has 0 aromatic heterocycles. The van der Waals surface area contributed by atoms with E-state index >= 15 is 0 Å². The summed E-state index contributed by atoms with van der Waals surface area (Å²) in [7, 11) is -0.416. The largest absolute Gasteiger partial charge is 0.496 e. The first kappa shape index (κ1) is 19.7. The highest BCUT2D eigenvalue weighted by atomic mass is 35.5. The molecule has 0 saturated heterocycles. The lowest BCUT2D eigenvalue weighted by Gasteiger charge is -2.19. The Hall–Kier alpha value is -2.09. The molecule has 1 saturated carbocycles. The Labute approximate surface area is 164 Å². The van der Waals surface area contributed by atoms with Crippen molar-refractivity contribution in [2.45, 2.75) is 30.3 Å². The summed E-state index contributed by atoms with van der Waals surface area (Å²) in [4.78, 5) is 14.4. The van der Waals surface area contributed by atoms with Crippen LogP contribution in [0.3, 0.4) is 0 Å². The number of rotatable bonds is 7. The number of methoxy groups -OCH3 is 1. The molecule has 0 radical (unpaired) electrons. The molecular weight excluding hydrogens is 388 g/mol. The first-order valence-electron chi connectivity index (χ1n) is 8.50. The maximum Gasteiger partial charge on any atom is 0.253 e. The van der Waals surface area contributed by atoms with Gasteiger partial charge in [-0.3, -0.25) is 4.79 Å². The van der Waals surface area contributed by atoms with E-state index in [2.05, 4.69) is 4.72 Å². The standard InChI is InChI=1S/C19H21ClN2O4S/c1-22(12-14-10-15(20)6-9-18(14)26-2)19(23)13-4-3-5-17(11-13)27(24,25)21-16-7-8-16/h3-6,9-11,16,21H,7-8,12H2,1-2H3. The van der Waals surface area contributed by atoms with Gasteiger partial charge in [0.1, 0.15) is 5.75 Å². The van der Waals surface area contributed by atoms with Crippen molar-refractivity contribution in [1.29, 1.82) is 0 Å². The summed E-state index contributed by atoms with van der Waals surface area (Å²) in [5.41, 5.74) is 1.07. The van der Waals surface area contributed by atoms with Gasteiger partial charge >= 0.3 is 0 Å². The number of hydrogen-bond donors (Lipinski definition) is 1. The Balaban J connectivity index is 1.79. The molecule has 0 spiro atoms. The summed E-state index contributed by atoms with van der Waals surface area (Å²) in [5.74, 6) is 0.338. The Morgan fingerprint density at radius 3 is 2.67 bits per heavy atom. The molecule has 6 nitrogen and oxygen atoms in total. The van der Waals surface area contributed by atoms with Gasteiger partial charge in [0.25, 0.3) is 5.91 Å². The summed E-state index contributed by atoms with van der Waals surface area (Å²) < 4.78 is 32.7. The maximum absolute atomic E-state index is 12.8. The van der Waals surface area contributed by atoms with Crippen LogP contribution in [-0.2, 0) is 16.6 Å². The lowest BCUT2D eigenvalue weighted by Crippen LogP contribution is -2.28. The lowest BCUT2D eigenvalue weighted by molar-refractivity contribution is 0.0784. The lowest BCUT2D eigenvalue weighted by atomic mass is 10.1. The van der Waals surface area contributed by atoms with Crippen molar-refractivity contribution < 1.29 is 17.9 Å². The second kappa shape index (κ2) is 7.88. The van der Waals surface area contributed by atoms with Crippen molar-refractivity contribution in [2.24, 2.45) is 0 Å². The Bertz CT molecular complexity index is 958. The van der Waals surface area contributed by atoms with Crippen molar-refractivity contribution in [3.63, 3.8) is 0 Å². The first-order valence-corrected chi connectivity index (χ1v) is 10.4. The van der Waals surface area contributed by atoms with Gasteiger partial charge in [0.05, 0.1) is 12.0 Å². The van der Waals surface area contributed by atoms with E-state index in [1.165, 1.54) is 17.0 Å². The molecular formula is C19H21ClN2O4S. The molecule has 2 aromatic carbocycles. The first-order chi connectivity index (χ1) is 12.8. The second-order valence-electron chi connectivity index (χ2n) is 6.54. The Kier molecular flexibility index (Phi) is 5.74. The summed E-state index contributed by atoms with van der Waals surface area (Å²) in [6, 6.07) is 11.3. The molecule has 1 aliphatic carbocycles. The van der Waals surface area contributed by atoms with Crippen LogP contribution in [-0.4, -0.2) is 39.4 Å². The van der Waals surface area contributed by atoms with Crippen molar-refractivity contribution in [2.75, 3.05) is 14.2 Å². The van der Waals surface area contributed by atoms with Crippen molar-refractivity contribution in [1.82, 2.24) is 9.62 Å². The van der Waals surface area contributed by atoms with Crippen LogP contribution in [0.5, 0.6) is 5.75 Å². The molecule has 0 heterocycles. The maximum atomic E-state index is 12.8. The molecule has 0 aliphatic heterocycles. The normalized spacial score (nSPS) is 14.0. The predicted octanol–water partition coefficient (Wildman–Crippen LogP) is 3.06. The number of ether oxygens (including phenoxy) is 1. The smallest absolute Gasteiger partial charge is 0.253 e. The average molecular weight is 409 g/mol. The SMILES string of the molecule is COc1ccc(Cl)cc1CN(C)C(=O)c1cccc(S(=O)(=O)NC2CC2)c1. The van der Waals surface area contributed by atoms with E-state index < -0.39 is 10.0 Å². The van der Waals surface area contributed by atoms with E-state index in [4.69, 9.17) is 16.3 Å². The number of amides is 1. The minimum absolute atomic E-state index is 0.00678. The summed E-state index contributed by atoms with van der Waals surface area (Å²) in [5, 5.41) is 0.547. The molecule has 0 unspecified atom stereocenters. The third kappa shape index (κ3) is 4.80. The van der Waals surface area contributed by atoms with Gasteiger partial charge in [0.15, 0.2) is 0 Å².